The maximum Gasteiger partial charge on any atom is 0.146 e. The van der Waals surface area contributed by atoms with E-state index in [1.807, 2.05) is 33.8 Å². The van der Waals surface area contributed by atoms with Crippen molar-refractivity contribution in [3.63, 3.8) is 0 Å². The Morgan fingerprint density at radius 2 is 2.14 bits per heavy atom. The van der Waals surface area contributed by atoms with Crippen LogP contribution >= 0.6 is 0 Å². The third kappa shape index (κ3) is 2.88. The molecule has 0 saturated heterocycles. The van der Waals surface area contributed by atoms with Crippen LogP contribution in [-0.4, -0.2) is 11.4 Å². The Bertz CT molecular complexity index is 333. The highest BCUT2D eigenvalue weighted by Gasteiger charge is 2.12. The summed E-state index contributed by atoms with van der Waals surface area (Å²) in [5.41, 5.74) is 3.29. The smallest absolute Gasteiger partial charge is 0.146 e. The number of amidine groups is 1. The maximum atomic E-state index is 5.40. The maximum absolute atomic E-state index is 5.40. The summed E-state index contributed by atoms with van der Waals surface area (Å²) in [4.78, 5) is 4.43. The van der Waals surface area contributed by atoms with E-state index in [0.29, 0.717) is 5.84 Å². The van der Waals surface area contributed by atoms with Gasteiger partial charge in [0.2, 0.25) is 0 Å². The van der Waals surface area contributed by atoms with Gasteiger partial charge in [-0.3, -0.25) is 4.99 Å². The van der Waals surface area contributed by atoms with E-state index < -0.39 is 0 Å². The van der Waals surface area contributed by atoms with Crippen LogP contribution in [0.15, 0.2) is 21.7 Å². The molecule has 4 nitrogen and oxygen atoms in total. The Morgan fingerprint density at radius 1 is 1.50 bits per heavy atom. The van der Waals surface area contributed by atoms with Gasteiger partial charge < -0.3 is 9.84 Å². The van der Waals surface area contributed by atoms with Crippen molar-refractivity contribution in [2.75, 3.05) is 0 Å². The average Bonchev–Trinajstić information content (AvgIpc) is 2.46. The highest BCUT2D eigenvalue weighted by Crippen LogP contribution is 2.11. The fourth-order valence-electron chi connectivity index (χ4n) is 1.08. The summed E-state index contributed by atoms with van der Waals surface area (Å²) in [5, 5.41) is 0. The first-order valence-corrected chi connectivity index (χ1v) is 4.54. The quantitative estimate of drug-likeness (QED) is 0.309. The summed E-state index contributed by atoms with van der Waals surface area (Å²) in [6.45, 7) is 7.92. The molecule has 0 saturated carbocycles. The number of aliphatic imine (C=N–C) groups is 1. The zero-order valence-corrected chi connectivity index (χ0v) is 9.09. The molecule has 0 bridgehead atoms. The van der Waals surface area contributed by atoms with Crippen LogP contribution in [0, 0.1) is 6.92 Å². The fourth-order valence-corrected chi connectivity index (χ4v) is 1.08. The number of hydrogen-bond acceptors (Lipinski definition) is 3. The number of nitrogens with zero attached hydrogens (tertiary/aromatic N) is 1. The number of aryl methyl sites for hydroxylation is 1. The Hall–Kier alpha value is -1.29. The number of hydrogen-bond donors (Lipinski definition) is 2. The van der Waals surface area contributed by atoms with E-state index in [1.54, 1.807) is 6.26 Å². The van der Waals surface area contributed by atoms with Gasteiger partial charge in [-0.25, -0.2) is 5.84 Å². The Morgan fingerprint density at radius 3 is 2.50 bits per heavy atom. The second-order valence-corrected chi connectivity index (χ2v) is 4.22. The van der Waals surface area contributed by atoms with Crippen LogP contribution in [0.1, 0.15) is 32.1 Å². The highest BCUT2D eigenvalue weighted by atomic mass is 16.3. The van der Waals surface area contributed by atoms with Crippen molar-refractivity contribution in [3.8, 4) is 0 Å². The first-order chi connectivity index (χ1) is 6.42. The largest absolute Gasteiger partial charge is 0.469 e. The topological polar surface area (TPSA) is 63.5 Å². The van der Waals surface area contributed by atoms with E-state index >= 15 is 0 Å². The number of rotatable bonds is 1. The first-order valence-electron chi connectivity index (χ1n) is 4.54. The van der Waals surface area contributed by atoms with Crippen molar-refractivity contribution in [1.82, 2.24) is 5.43 Å². The van der Waals surface area contributed by atoms with Gasteiger partial charge in [0.15, 0.2) is 0 Å². The molecule has 0 aliphatic rings. The third-order valence-electron chi connectivity index (χ3n) is 1.59. The summed E-state index contributed by atoms with van der Waals surface area (Å²) in [6.07, 6.45) is 1.64. The van der Waals surface area contributed by atoms with Crippen LogP contribution in [0.4, 0.5) is 0 Å². The van der Waals surface area contributed by atoms with E-state index in [4.69, 9.17) is 10.3 Å². The second kappa shape index (κ2) is 3.84. The van der Waals surface area contributed by atoms with Gasteiger partial charge in [0.1, 0.15) is 17.9 Å². The van der Waals surface area contributed by atoms with Crippen molar-refractivity contribution in [2.24, 2.45) is 10.8 Å². The average molecular weight is 195 g/mol. The Labute approximate surface area is 84.2 Å². The summed E-state index contributed by atoms with van der Waals surface area (Å²) < 4.78 is 5.19. The predicted molar refractivity (Wildman–Crippen MR) is 57.1 cm³/mol. The van der Waals surface area contributed by atoms with E-state index in [0.717, 1.165) is 11.3 Å². The van der Waals surface area contributed by atoms with Gasteiger partial charge in [0, 0.05) is 0 Å². The van der Waals surface area contributed by atoms with Gasteiger partial charge in [-0.15, -0.1) is 0 Å². The number of nitrogens with one attached hydrogen (secondary N) is 1. The molecule has 0 aromatic carbocycles. The van der Waals surface area contributed by atoms with Gasteiger partial charge in [0.05, 0.1) is 11.1 Å². The number of furan rings is 1. The molecule has 0 spiro atoms. The highest BCUT2D eigenvalue weighted by molar-refractivity contribution is 5.98. The van der Waals surface area contributed by atoms with Crippen LogP contribution in [0.3, 0.4) is 0 Å². The number of hydrazine groups is 1. The normalized spacial score (nSPS) is 13.1. The molecular weight excluding hydrogens is 178 g/mol. The standard InChI is InChI=1S/C10H17N3O/c1-7-5-8(6-14-7)9(13-11)12-10(2,3)4/h5-6H,11H2,1-4H3,(H,12,13). The molecule has 0 aliphatic heterocycles. The molecule has 0 radical (unpaired) electrons. The van der Waals surface area contributed by atoms with Gasteiger partial charge in [-0.2, -0.15) is 0 Å². The van der Waals surface area contributed by atoms with Crippen molar-refractivity contribution in [1.29, 1.82) is 0 Å². The van der Waals surface area contributed by atoms with Gasteiger partial charge in [-0.05, 0) is 33.8 Å². The second-order valence-electron chi connectivity index (χ2n) is 4.22. The predicted octanol–water partition coefficient (Wildman–Crippen LogP) is 1.60. The van der Waals surface area contributed by atoms with E-state index in [2.05, 4.69) is 10.4 Å². The lowest BCUT2D eigenvalue weighted by Gasteiger charge is -2.14. The zero-order valence-electron chi connectivity index (χ0n) is 9.09. The molecule has 1 rings (SSSR count). The van der Waals surface area contributed by atoms with Crippen molar-refractivity contribution in [2.45, 2.75) is 33.2 Å². The molecule has 4 heteroatoms. The lowest BCUT2D eigenvalue weighted by Crippen LogP contribution is -2.33. The SMILES string of the molecule is Cc1cc(C(=NC(C)(C)C)NN)co1. The van der Waals surface area contributed by atoms with E-state index in [-0.39, 0.29) is 5.54 Å². The summed E-state index contributed by atoms with van der Waals surface area (Å²) in [6, 6.07) is 1.89. The molecule has 0 unspecified atom stereocenters. The van der Waals surface area contributed by atoms with Crippen LogP contribution in [0.2, 0.25) is 0 Å². The lowest BCUT2D eigenvalue weighted by molar-refractivity contribution is 0.533. The molecule has 78 valence electrons. The minimum absolute atomic E-state index is 0.160. The molecule has 0 atom stereocenters. The van der Waals surface area contributed by atoms with Gasteiger partial charge in [0.25, 0.3) is 0 Å². The molecule has 14 heavy (non-hydrogen) atoms. The Balaban J connectivity index is 2.99. The molecule has 3 N–H and O–H groups in total. The van der Waals surface area contributed by atoms with Crippen LogP contribution in [0.25, 0.3) is 0 Å². The monoisotopic (exact) mass is 195 g/mol. The number of nitrogens with two attached hydrogens (primary N) is 1. The minimum Gasteiger partial charge on any atom is -0.469 e. The molecule has 0 aliphatic carbocycles. The van der Waals surface area contributed by atoms with Crippen molar-refractivity contribution < 1.29 is 4.42 Å². The zero-order chi connectivity index (χ0) is 10.8. The summed E-state index contributed by atoms with van der Waals surface area (Å²) in [5.74, 6) is 6.89. The Kier molecular flexibility index (Phi) is 2.96. The molecule has 1 aromatic heterocycles. The van der Waals surface area contributed by atoms with E-state index in [1.165, 1.54) is 0 Å². The minimum atomic E-state index is -0.160. The third-order valence-corrected chi connectivity index (χ3v) is 1.59. The lowest BCUT2D eigenvalue weighted by atomic mass is 10.1. The van der Waals surface area contributed by atoms with Crippen LogP contribution in [-0.2, 0) is 0 Å². The van der Waals surface area contributed by atoms with Crippen LogP contribution in [0.5, 0.6) is 0 Å². The van der Waals surface area contributed by atoms with Gasteiger partial charge >= 0.3 is 0 Å². The molecule has 1 aromatic rings. The summed E-state index contributed by atoms with van der Waals surface area (Å²) in [7, 11) is 0. The fraction of sp³-hybridized carbons (Fsp3) is 0.500. The molecular formula is C10H17N3O. The van der Waals surface area contributed by atoms with Crippen molar-refractivity contribution in [3.05, 3.63) is 23.7 Å². The summed E-state index contributed by atoms with van der Waals surface area (Å²) >= 11 is 0. The van der Waals surface area contributed by atoms with Crippen molar-refractivity contribution >= 4 is 5.84 Å². The van der Waals surface area contributed by atoms with Gasteiger partial charge in [-0.1, -0.05) is 0 Å². The first kappa shape index (κ1) is 10.8. The molecule has 1 heterocycles. The van der Waals surface area contributed by atoms with E-state index in [9.17, 15) is 0 Å². The molecule has 0 amide bonds. The molecule has 0 fully saturated rings. The van der Waals surface area contributed by atoms with Crippen LogP contribution < -0.4 is 11.3 Å².